The first kappa shape index (κ1) is 20.3. The van der Waals surface area contributed by atoms with Crippen molar-refractivity contribution >= 4 is 34.1 Å². The molecule has 0 aliphatic carbocycles. The molecule has 28 heavy (non-hydrogen) atoms. The number of nitrogens with zero attached hydrogens (tertiary/aromatic N) is 2. The second-order valence-electron chi connectivity index (χ2n) is 7.29. The Morgan fingerprint density at radius 1 is 1.21 bits per heavy atom. The highest BCUT2D eigenvalue weighted by atomic mass is 32.1. The Morgan fingerprint density at radius 2 is 1.93 bits per heavy atom. The van der Waals surface area contributed by atoms with Crippen LogP contribution in [-0.2, 0) is 9.53 Å². The minimum Gasteiger partial charge on any atom is -0.466 e. The molecule has 0 saturated carbocycles. The first-order chi connectivity index (χ1) is 13.4. The molecular weight excluding hydrogens is 370 g/mol. The van der Waals surface area contributed by atoms with E-state index in [1.165, 1.54) is 7.11 Å². The minimum atomic E-state index is -0.330. The standard InChI is InChI=1S/C22H27N3O2S/c1-15-19(21(26)27-4)20(23-22(28)25(15)13-7-12-24(2)3)18-11-10-16-8-5-6-9-17(16)14-18/h5-6,8-11,14,20H,7,12-13H2,1-4H3,(H,23,28)/t20-/m0/s1. The van der Waals surface area contributed by atoms with E-state index in [0.717, 1.165) is 41.5 Å². The Bertz CT molecular complexity index is 923. The first-order valence-corrected chi connectivity index (χ1v) is 9.83. The molecule has 1 heterocycles. The van der Waals surface area contributed by atoms with Gasteiger partial charge < -0.3 is 19.9 Å². The van der Waals surface area contributed by atoms with Gasteiger partial charge in [0, 0.05) is 12.2 Å². The lowest BCUT2D eigenvalue weighted by Crippen LogP contribution is -2.48. The van der Waals surface area contributed by atoms with Gasteiger partial charge in [-0.1, -0.05) is 36.4 Å². The lowest BCUT2D eigenvalue weighted by atomic mass is 9.93. The van der Waals surface area contributed by atoms with Gasteiger partial charge in [-0.25, -0.2) is 4.79 Å². The molecule has 0 fully saturated rings. The van der Waals surface area contributed by atoms with Gasteiger partial charge in [0.2, 0.25) is 0 Å². The summed E-state index contributed by atoms with van der Waals surface area (Å²) in [4.78, 5) is 16.8. The summed E-state index contributed by atoms with van der Waals surface area (Å²) >= 11 is 5.65. The number of rotatable bonds is 6. The van der Waals surface area contributed by atoms with Crippen LogP contribution in [0.2, 0.25) is 0 Å². The van der Waals surface area contributed by atoms with Crippen molar-refractivity contribution in [3.8, 4) is 0 Å². The van der Waals surface area contributed by atoms with Gasteiger partial charge in [0.25, 0.3) is 0 Å². The molecule has 0 saturated heterocycles. The Kier molecular flexibility index (Phi) is 6.31. The van der Waals surface area contributed by atoms with Crippen LogP contribution < -0.4 is 5.32 Å². The summed E-state index contributed by atoms with van der Waals surface area (Å²) in [5, 5.41) is 6.30. The molecule has 2 aromatic carbocycles. The topological polar surface area (TPSA) is 44.8 Å². The Morgan fingerprint density at radius 3 is 2.61 bits per heavy atom. The number of esters is 1. The van der Waals surface area contributed by atoms with Gasteiger partial charge in [-0.2, -0.15) is 0 Å². The summed E-state index contributed by atoms with van der Waals surface area (Å²) in [6.45, 7) is 3.65. The average molecular weight is 398 g/mol. The molecule has 148 valence electrons. The summed E-state index contributed by atoms with van der Waals surface area (Å²) in [5.41, 5.74) is 2.46. The van der Waals surface area contributed by atoms with E-state index < -0.39 is 0 Å². The Labute approximate surface area is 172 Å². The summed E-state index contributed by atoms with van der Waals surface area (Å²) in [7, 11) is 5.51. The number of fused-ring (bicyclic) bond motifs is 1. The smallest absolute Gasteiger partial charge is 0.337 e. The van der Waals surface area contributed by atoms with Crippen molar-refractivity contribution in [3.05, 3.63) is 59.3 Å². The van der Waals surface area contributed by atoms with E-state index in [1.807, 2.05) is 44.1 Å². The van der Waals surface area contributed by atoms with Crippen LogP contribution >= 0.6 is 12.2 Å². The number of allylic oxidation sites excluding steroid dienone is 1. The molecule has 0 aromatic heterocycles. The van der Waals surface area contributed by atoms with Crippen LogP contribution in [-0.4, -0.2) is 55.2 Å². The zero-order chi connectivity index (χ0) is 20.3. The van der Waals surface area contributed by atoms with E-state index in [4.69, 9.17) is 17.0 Å². The number of thiocarbonyl (C=S) groups is 1. The van der Waals surface area contributed by atoms with Crippen LogP contribution in [0.15, 0.2) is 53.7 Å². The number of hydrogen-bond acceptors (Lipinski definition) is 4. The van der Waals surface area contributed by atoms with Gasteiger partial charge in [0.1, 0.15) is 0 Å². The third-order valence-corrected chi connectivity index (χ3v) is 5.43. The first-order valence-electron chi connectivity index (χ1n) is 9.43. The molecule has 0 spiro atoms. The van der Waals surface area contributed by atoms with Gasteiger partial charge >= 0.3 is 5.97 Å². The van der Waals surface area contributed by atoms with E-state index >= 15 is 0 Å². The highest BCUT2D eigenvalue weighted by molar-refractivity contribution is 7.80. The van der Waals surface area contributed by atoms with E-state index in [1.54, 1.807) is 0 Å². The third kappa shape index (κ3) is 4.18. The van der Waals surface area contributed by atoms with Crippen molar-refractivity contribution in [2.75, 3.05) is 34.3 Å². The third-order valence-electron chi connectivity index (χ3n) is 5.10. The summed E-state index contributed by atoms with van der Waals surface area (Å²) in [5.74, 6) is -0.330. The summed E-state index contributed by atoms with van der Waals surface area (Å²) in [6.07, 6.45) is 0.946. The fourth-order valence-corrected chi connectivity index (χ4v) is 3.95. The normalized spacial score (nSPS) is 17.2. The van der Waals surface area contributed by atoms with Crippen LogP contribution in [0.5, 0.6) is 0 Å². The molecule has 0 radical (unpaired) electrons. The number of benzene rings is 2. The molecule has 1 N–H and O–H groups in total. The number of hydrogen-bond donors (Lipinski definition) is 1. The molecule has 0 unspecified atom stereocenters. The maximum atomic E-state index is 12.7. The molecule has 1 aliphatic rings. The van der Waals surface area contributed by atoms with Crippen LogP contribution in [0.3, 0.4) is 0 Å². The van der Waals surface area contributed by atoms with Crippen LogP contribution in [0.4, 0.5) is 0 Å². The summed E-state index contributed by atoms with van der Waals surface area (Å²) in [6, 6.07) is 14.1. The lowest BCUT2D eigenvalue weighted by Gasteiger charge is -2.37. The van der Waals surface area contributed by atoms with E-state index in [-0.39, 0.29) is 12.0 Å². The highest BCUT2D eigenvalue weighted by Gasteiger charge is 2.34. The lowest BCUT2D eigenvalue weighted by molar-refractivity contribution is -0.136. The molecule has 0 bridgehead atoms. The number of carbonyl (C=O) groups is 1. The van der Waals surface area contributed by atoms with E-state index in [9.17, 15) is 4.79 Å². The molecule has 0 amide bonds. The molecule has 6 heteroatoms. The predicted octanol–water partition coefficient (Wildman–Crippen LogP) is 3.47. The molecular formula is C22H27N3O2S. The second kappa shape index (κ2) is 8.71. The maximum Gasteiger partial charge on any atom is 0.337 e. The number of methoxy groups -OCH3 is 1. The minimum absolute atomic E-state index is 0.324. The predicted molar refractivity (Wildman–Crippen MR) is 117 cm³/mol. The fraction of sp³-hybridized carbons (Fsp3) is 0.364. The van der Waals surface area contributed by atoms with Crippen molar-refractivity contribution in [2.24, 2.45) is 0 Å². The monoisotopic (exact) mass is 397 g/mol. The van der Waals surface area contributed by atoms with Gasteiger partial charge in [-0.3, -0.25) is 0 Å². The second-order valence-corrected chi connectivity index (χ2v) is 7.67. The van der Waals surface area contributed by atoms with E-state index in [0.29, 0.717) is 10.7 Å². The molecule has 2 aromatic rings. The zero-order valence-corrected chi connectivity index (χ0v) is 17.7. The van der Waals surface area contributed by atoms with Crippen molar-refractivity contribution in [1.29, 1.82) is 0 Å². The van der Waals surface area contributed by atoms with Crippen molar-refractivity contribution in [2.45, 2.75) is 19.4 Å². The molecule has 1 aliphatic heterocycles. The number of ether oxygens (including phenoxy) is 1. The fourth-order valence-electron chi connectivity index (χ4n) is 3.61. The summed E-state index contributed by atoms with van der Waals surface area (Å²) < 4.78 is 5.11. The number of nitrogens with one attached hydrogen (secondary N) is 1. The quantitative estimate of drug-likeness (QED) is 0.595. The highest BCUT2D eigenvalue weighted by Crippen LogP contribution is 2.32. The Balaban J connectivity index is 1.98. The van der Waals surface area contributed by atoms with Gasteiger partial charge in [-0.15, -0.1) is 0 Å². The Hall–Kier alpha value is -2.44. The zero-order valence-electron chi connectivity index (χ0n) is 16.9. The van der Waals surface area contributed by atoms with Crippen LogP contribution in [0.1, 0.15) is 24.9 Å². The average Bonchev–Trinajstić information content (AvgIpc) is 2.69. The maximum absolute atomic E-state index is 12.7. The molecule has 3 rings (SSSR count). The van der Waals surface area contributed by atoms with Gasteiger partial charge in [-0.05, 0) is 68.6 Å². The largest absolute Gasteiger partial charge is 0.466 e. The molecule has 5 nitrogen and oxygen atoms in total. The van der Waals surface area contributed by atoms with Crippen molar-refractivity contribution < 1.29 is 9.53 Å². The van der Waals surface area contributed by atoms with Gasteiger partial charge in [0.15, 0.2) is 5.11 Å². The van der Waals surface area contributed by atoms with Crippen molar-refractivity contribution in [1.82, 2.24) is 15.1 Å². The van der Waals surface area contributed by atoms with Crippen LogP contribution in [0.25, 0.3) is 10.8 Å². The number of carbonyl (C=O) groups excluding carboxylic acids is 1. The van der Waals surface area contributed by atoms with Crippen LogP contribution in [0, 0.1) is 0 Å². The van der Waals surface area contributed by atoms with E-state index in [2.05, 4.69) is 34.5 Å². The van der Waals surface area contributed by atoms with Gasteiger partial charge in [0.05, 0.1) is 18.7 Å². The SMILES string of the molecule is COC(=O)C1=C(C)N(CCCN(C)C)C(=S)N[C@H]1c1ccc2ccccc2c1. The van der Waals surface area contributed by atoms with Crippen molar-refractivity contribution in [3.63, 3.8) is 0 Å². The molecule has 1 atom stereocenters.